The largest absolute Gasteiger partial charge is 0.492 e. The molecule has 0 spiro atoms. The molecule has 0 radical (unpaired) electrons. The lowest BCUT2D eigenvalue weighted by Crippen LogP contribution is -2.26. The summed E-state index contributed by atoms with van der Waals surface area (Å²) < 4.78 is 70.2. The molecule has 0 atom stereocenters. The topological polar surface area (TPSA) is 81.4 Å². The molecule has 0 heterocycles. The Morgan fingerprint density at radius 2 is 1.81 bits per heavy atom. The van der Waals surface area contributed by atoms with Crippen LogP contribution in [0.2, 0.25) is 0 Å². The van der Waals surface area contributed by atoms with Crippen LogP contribution in [0.15, 0.2) is 53.4 Å². The molecule has 142 valence electrons. The fourth-order valence-electron chi connectivity index (χ4n) is 2.22. The van der Waals surface area contributed by atoms with Crippen molar-refractivity contribution in [3.8, 4) is 5.75 Å². The van der Waals surface area contributed by atoms with E-state index in [1.165, 1.54) is 0 Å². The minimum absolute atomic E-state index is 0.0406. The van der Waals surface area contributed by atoms with Gasteiger partial charge in [-0.2, -0.15) is 13.2 Å². The first-order chi connectivity index (χ1) is 12.2. The Labute approximate surface area is 150 Å². The molecule has 9 heteroatoms. The molecule has 0 amide bonds. The Balaban J connectivity index is 2.01. The van der Waals surface area contributed by atoms with Crippen molar-refractivity contribution in [1.29, 1.82) is 0 Å². The lowest BCUT2D eigenvalue weighted by Gasteiger charge is -2.11. The summed E-state index contributed by atoms with van der Waals surface area (Å²) >= 11 is 0. The summed E-state index contributed by atoms with van der Waals surface area (Å²) in [6.07, 6.45) is -4.24. The van der Waals surface area contributed by atoms with Crippen LogP contribution in [0.5, 0.6) is 5.75 Å². The molecule has 0 saturated carbocycles. The second-order valence-corrected chi connectivity index (χ2v) is 7.22. The second kappa shape index (κ2) is 8.52. The van der Waals surface area contributed by atoms with Gasteiger partial charge in [0.05, 0.1) is 10.5 Å². The highest BCUT2D eigenvalue weighted by Gasteiger charge is 2.31. The molecule has 2 aromatic carbocycles. The maximum absolute atomic E-state index is 12.7. The van der Waals surface area contributed by atoms with E-state index in [0.717, 1.165) is 23.8 Å². The molecule has 0 fully saturated rings. The summed E-state index contributed by atoms with van der Waals surface area (Å²) in [4.78, 5) is -0.424. The SMILES string of the molecule is NCCOc1cccc(CCNS(=O)(=O)c2cccc(C(F)(F)F)c2)c1. The van der Waals surface area contributed by atoms with Gasteiger partial charge in [-0.25, -0.2) is 13.1 Å². The van der Waals surface area contributed by atoms with E-state index in [2.05, 4.69) is 4.72 Å². The molecular formula is C17H19F3N2O3S. The molecular weight excluding hydrogens is 369 g/mol. The van der Waals surface area contributed by atoms with Gasteiger partial charge in [0.1, 0.15) is 12.4 Å². The lowest BCUT2D eigenvalue weighted by atomic mass is 10.1. The minimum Gasteiger partial charge on any atom is -0.492 e. The van der Waals surface area contributed by atoms with E-state index in [0.29, 0.717) is 31.4 Å². The molecule has 0 bridgehead atoms. The van der Waals surface area contributed by atoms with Crippen LogP contribution in [0.4, 0.5) is 13.2 Å². The molecule has 26 heavy (non-hydrogen) atoms. The van der Waals surface area contributed by atoms with E-state index in [4.69, 9.17) is 10.5 Å². The third-order valence-electron chi connectivity index (χ3n) is 3.46. The predicted molar refractivity (Wildman–Crippen MR) is 91.3 cm³/mol. The van der Waals surface area contributed by atoms with E-state index in [1.54, 1.807) is 24.3 Å². The van der Waals surface area contributed by atoms with Crippen molar-refractivity contribution < 1.29 is 26.3 Å². The zero-order valence-electron chi connectivity index (χ0n) is 13.8. The molecule has 0 aliphatic heterocycles. The number of sulfonamides is 1. The van der Waals surface area contributed by atoms with E-state index in [9.17, 15) is 21.6 Å². The smallest absolute Gasteiger partial charge is 0.416 e. The number of hydrogen-bond acceptors (Lipinski definition) is 4. The number of rotatable bonds is 8. The van der Waals surface area contributed by atoms with Gasteiger partial charge in [0.15, 0.2) is 0 Å². The van der Waals surface area contributed by atoms with Crippen molar-refractivity contribution in [1.82, 2.24) is 4.72 Å². The highest BCUT2D eigenvalue weighted by atomic mass is 32.2. The van der Waals surface area contributed by atoms with Gasteiger partial charge in [-0.05, 0) is 42.3 Å². The Kier molecular flexibility index (Phi) is 6.63. The fourth-order valence-corrected chi connectivity index (χ4v) is 3.30. The van der Waals surface area contributed by atoms with E-state index in [1.807, 2.05) is 0 Å². The molecule has 0 saturated heterocycles. The molecule has 0 aliphatic carbocycles. The third kappa shape index (κ3) is 5.72. The summed E-state index contributed by atoms with van der Waals surface area (Å²) in [5, 5.41) is 0. The van der Waals surface area contributed by atoms with Crippen molar-refractivity contribution in [3.05, 3.63) is 59.7 Å². The Bertz CT molecular complexity index is 839. The zero-order valence-corrected chi connectivity index (χ0v) is 14.6. The van der Waals surface area contributed by atoms with Gasteiger partial charge in [0.2, 0.25) is 10.0 Å². The number of benzene rings is 2. The monoisotopic (exact) mass is 388 g/mol. The maximum atomic E-state index is 12.7. The predicted octanol–water partition coefficient (Wildman–Crippen LogP) is 2.56. The van der Waals surface area contributed by atoms with E-state index < -0.39 is 26.7 Å². The van der Waals surface area contributed by atoms with Gasteiger partial charge in [0.25, 0.3) is 0 Å². The minimum atomic E-state index is -4.60. The fraction of sp³-hybridized carbons (Fsp3) is 0.294. The quantitative estimate of drug-likeness (QED) is 0.728. The standard InChI is InChI=1S/C17H19F3N2O3S/c18-17(19,20)14-4-2-6-16(12-14)26(23,24)22-9-7-13-3-1-5-15(11-13)25-10-8-21/h1-6,11-12,22H,7-10,21H2. The molecule has 0 unspecified atom stereocenters. The van der Waals surface area contributed by atoms with Gasteiger partial charge >= 0.3 is 6.18 Å². The van der Waals surface area contributed by atoms with Crippen molar-refractivity contribution in [2.24, 2.45) is 5.73 Å². The van der Waals surface area contributed by atoms with Crippen LogP contribution in [-0.4, -0.2) is 28.1 Å². The zero-order chi connectivity index (χ0) is 19.2. The van der Waals surface area contributed by atoms with Gasteiger partial charge in [-0.3, -0.25) is 0 Å². The first-order valence-corrected chi connectivity index (χ1v) is 9.29. The van der Waals surface area contributed by atoms with Crippen molar-refractivity contribution in [2.45, 2.75) is 17.5 Å². The number of ether oxygens (including phenoxy) is 1. The number of hydrogen-bond donors (Lipinski definition) is 2. The first kappa shape index (κ1) is 20.2. The summed E-state index contributed by atoms with van der Waals surface area (Å²) in [5.74, 6) is 0.619. The third-order valence-corrected chi connectivity index (χ3v) is 4.92. The van der Waals surface area contributed by atoms with E-state index in [-0.39, 0.29) is 6.54 Å². The van der Waals surface area contributed by atoms with Crippen molar-refractivity contribution in [3.63, 3.8) is 0 Å². The normalized spacial score (nSPS) is 12.2. The van der Waals surface area contributed by atoms with E-state index >= 15 is 0 Å². The number of nitrogens with one attached hydrogen (secondary N) is 1. The molecule has 2 rings (SSSR count). The summed E-state index contributed by atoms with van der Waals surface area (Å²) in [7, 11) is -4.04. The van der Waals surface area contributed by atoms with Crippen LogP contribution >= 0.6 is 0 Å². The maximum Gasteiger partial charge on any atom is 0.416 e. The lowest BCUT2D eigenvalue weighted by molar-refractivity contribution is -0.137. The van der Waals surface area contributed by atoms with Gasteiger partial charge in [-0.15, -0.1) is 0 Å². The second-order valence-electron chi connectivity index (χ2n) is 5.46. The Hall–Kier alpha value is -2.10. The van der Waals surface area contributed by atoms with Crippen LogP contribution in [0.3, 0.4) is 0 Å². The Morgan fingerprint density at radius 1 is 1.08 bits per heavy atom. The van der Waals surface area contributed by atoms with Crippen LogP contribution in [0.1, 0.15) is 11.1 Å². The van der Waals surface area contributed by atoms with Crippen LogP contribution < -0.4 is 15.2 Å². The first-order valence-electron chi connectivity index (χ1n) is 7.81. The van der Waals surface area contributed by atoms with Crippen LogP contribution in [-0.2, 0) is 22.6 Å². The average Bonchev–Trinajstić information content (AvgIpc) is 2.59. The number of nitrogens with two attached hydrogens (primary N) is 1. The summed E-state index contributed by atoms with van der Waals surface area (Å²) in [5.41, 5.74) is 5.18. The van der Waals surface area contributed by atoms with Gasteiger partial charge in [0, 0.05) is 13.1 Å². The molecule has 0 aromatic heterocycles. The molecule has 3 N–H and O–H groups in total. The average molecular weight is 388 g/mol. The number of halogens is 3. The summed E-state index contributed by atoms with van der Waals surface area (Å²) in [6.45, 7) is 0.783. The van der Waals surface area contributed by atoms with Gasteiger partial charge in [-0.1, -0.05) is 18.2 Å². The molecule has 0 aliphatic rings. The highest BCUT2D eigenvalue weighted by Crippen LogP contribution is 2.30. The van der Waals surface area contributed by atoms with Crippen LogP contribution in [0, 0.1) is 0 Å². The molecule has 5 nitrogen and oxygen atoms in total. The van der Waals surface area contributed by atoms with Crippen molar-refractivity contribution >= 4 is 10.0 Å². The highest BCUT2D eigenvalue weighted by molar-refractivity contribution is 7.89. The number of alkyl halides is 3. The van der Waals surface area contributed by atoms with Gasteiger partial charge < -0.3 is 10.5 Å². The van der Waals surface area contributed by atoms with Crippen LogP contribution in [0.25, 0.3) is 0 Å². The summed E-state index contributed by atoms with van der Waals surface area (Å²) in [6, 6.07) is 10.7. The van der Waals surface area contributed by atoms with Crippen molar-refractivity contribution in [2.75, 3.05) is 19.7 Å². The molecule has 2 aromatic rings. The Morgan fingerprint density at radius 3 is 2.50 bits per heavy atom.